The van der Waals surface area contributed by atoms with Crippen molar-refractivity contribution in [2.45, 2.75) is 0 Å². The Kier molecular flexibility index (Phi) is 6.83. The number of rotatable bonds is 5. The van der Waals surface area contributed by atoms with E-state index in [1.54, 1.807) is 0 Å². The second kappa shape index (κ2) is 12.3. The van der Waals surface area contributed by atoms with Gasteiger partial charge in [0.25, 0.3) is 0 Å². The fourth-order valence-electron chi connectivity index (χ4n) is 8.61. The van der Waals surface area contributed by atoms with Gasteiger partial charge >= 0.3 is 0 Å². The molecule has 12 rings (SSSR count). The predicted molar refractivity (Wildman–Crippen MR) is 232 cm³/mol. The molecule has 57 heavy (non-hydrogen) atoms. The van der Waals surface area contributed by atoms with E-state index >= 15 is 0 Å². The highest BCUT2D eigenvalue weighted by Gasteiger charge is 2.21. The minimum Gasteiger partial charge on any atom is -0.456 e. The van der Waals surface area contributed by atoms with Gasteiger partial charge in [0.2, 0.25) is 0 Å². The molecule has 4 heterocycles. The molecule has 6 nitrogen and oxygen atoms in total. The Balaban J connectivity index is 1.08. The van der Waals surface area contributed by atoms with E-state index in [0.29, 0.717) is 17.5 Å². The van der Waals surface area contributed by atoms with E-state index in [9.17, 15) is 0 Å². The average molecular weight is 730 g/mol. The first-order valence-electron chi connectivity index (χ1n) is 19.1. The topological polar surface area (TPSA) is 61.7 Å². The summed E-state index contributed by atoms with van der Waals surface area (Å²) in [5, 5.41) is 7.00. The first-order valence-corrected chi connectivity index (χ1v) is 19.1. The van der Waals surface area contributed by atoms with Gasteiger partial charge in [0.05, 0.1) is 27.5 Å². The maximum Gasteiger partial charge on any atom is 0.164 e. The summed E-state index contributed by atoms with van der Waals surface area (Å²) < 4.78 is 11.2. The molecule has 8 aromatic carbocycles. The van der Waals surface area contributed by atoms with E-state index in [1.165, 1.54) is 21.8 Å². The van der Waals surface area contributed by atoms with E-state index in [4.69, 9.17) is 19.4 Å². The Labute approximate surface area is 326 Å². The van der Waals surface area contributed by atoms with Gasteiger partial charge in [-0.2, -0.15) is 0 Å². The molecule has 0 bridgehead atoms. The van der Waals surface area contributed by atoms with Gasteiger partial charge in [0.15, 0.2) is 17.5 Å². The fourth-order valence-corrected chi connectivity index (χ4v) is 8.61. The molecule has 0 radical (unpaired) electrons. The molecule has 0 aliphatic carbocycles. The highest BCUT2D eigenvalue weighted by molar-refractivity contribution is 6.24. The van der Waals surface area contributed by atoms with Crippen LogP contribution in [0.2, 0.25) is 0 Å². The second-order valence-corrected chi connectivity index (χ2v) is 14.4. The minimum absolute atomic E-state index is 0.621. The maximum atomic E-state index is 6.46. The Morgan fingerprint density at radius 1 is 0.333 bits per heavy atom. The summed E-state index contributed by atoms with van der Waals surface area (Å²) >= 11 is 0. The van der Waals surface area contributed by atoms with Crippen LogP contribution in [-0.2, 0) is 0 Å². The van der Waals surface area contributed by atoms with Crippen LogP contribution in [0.4, 0.5) is 0 Å². The van der Waals surface area contributed by atoms with E-state index in [2.05, 4.69) is 124 Å². The maximum absolute atomic E-state index is 6.46. The van der Waals surface area contributed by atoms with Gasteiger partial charge in [-0.3, -0.25) is 0 Å². The molecule has 0 saturated heterocycles. The van der Waals surface area contributed by atoms with Gasteiger partial charge in [-0.1, -0.05) is 115 Å². The number of benzene rings is 8. The lowest BCUT2D eigenvalue weighted by Crippen LogP contribution is -2.00. The largest absolute Gasteiger partial charge is 0.456 e. The number of para-hydroxylation sites is 3. The van der Waals surface area contributed by atoms with Gasteiger partial charge in [-0.15, -0.1) is 0 Å². The Hall–Kier alpha value is -7.83. The first kappa shape index (κ1) is 31.5. The number of hydrogen-bond acceptors (Lipinski definition) is 4. The number of aromatic nitrogens is 5. The summed E-state index contributed by atoms with van der Waals surface area (Å²) in [6.45, 7) is 0. The number of fused-ring (bicyclic) bond motifs is 10. The molecular formula is C51H31N5O. The van der Waals surface area contributed by atoms with Gasteiger partial charge in [-0.25, -0.2) is 15.0 Å². The van der Waals surface area contributed by atoms with Crippen molar-refractivity contribution in [3.05, 3.63) is 188 Å². The SMILES string of the molecule is c1ccc(-c2nc(-c3ccccc3)nc(-c3ccc(-n4c5ccc(-n6c7ccccc7c7ccccc76)cc5c5ccc6oc7ccccc7c6c54)cc3)n2)cc1. The molecule has 4 aromatic heterocycles. The van der Waals surface area contributed by atoms with Crippen molar-refractivity contribution in [2.75, 3.05) is 0 Å². The molecule has 0 amide bonds. The summed E-state index contributed by atoms with van der Waals surface area (Å²) in [5.74, 6) is 1.90. The van der Waals surface area contributed by atoms with Crippen LogP contribution < -0.4 is 0 Å². The van der Waals surface area contributed by atoms with Crippen LogP contribution in [0.15, 0.2) is 192 Å². The Bertz CT molecular complexity index is 3400. The third-order valence-corrected chi connectivity index (χ3v) is 11.2. The van der Waals surface area contributed by atoms with Crippen molar-refractivity contribution in [3.63, 3.8) is 0 Å². The monoisotopic (exact) mass is 729 g/mol. The van der Waals surface area contributed by atoms with Crippen LogP contribution in [0.25, 0.3) is 111 Å². The molecule has 0 fully saturated rings. The zero-order chi connectivity index (χ0) is 37.5. The van der Waals surface area contributed by atoms with Gasteiger partial charge in [-0.05, 0) is 72.8 Å². The van der Waals surface area contributed by atoms with E-state index in [1.807, 2.05) is 72.8 Å². The lowest BCUT2D eigenvalue weighted by molar-refractivity contribution is 0.669. The van der Waals surface area contributed by atoms with Crippen LogP contribution in [0, 0.1) is 0 Å². The van der Waals surface area contributed by atoms with Crippen LogP contribution >= 0.6 is 0 Å². The zero-order valence-corrected chi connectivity index (χ0v) is 30.5. The molecule has 6 heteroatoms. The molecule has 0 unspecified atom stereocenters. The molecule has 0 spiro atoms. The molecule has 0 saturated carbocycles. The summed E-state index contributed by atoms with van der Waals surface area (Å²) in [7, 11) is 0. The van der Waals surface area contributed by atoms with E-state index in [0.717, 1.165) is 71.8 Å². The second-order valence-electron chi connectivity index (χ2n) is 14.4. The number of hydrogen-bond donors (Lipinski definition) is 0. The molecular weight excluding hydrogens is 699 g/mol. The van der Waals surface area contributed by atoms with Crippen molar-refractivity contribution in [3.8, 4) is 45.5 Å². The number of furan rings is 1. The third kappa shape index (κ3) is 4.87. The van der Waals surface area contributed by atoms with Crippen molar-refractivity contribution < 1.29 is 4.42 Å². The quantitative estimate of drug-likeness (QED) is 0.177. The normalized spacial score (nSPS) is 11.9. The van der Waals surface area contributed by atoms with Crippen LogP contribution in [-0.4, -0.2) is 24.1 Å². The van der Waals surface area contributed by atoms with Gasteiger partial charge in [0, 0.05) is 55.0 Å². The van der Waals surface area contributed by atoms with Crippen molar-refractivity contribution in [1.82, 2.24) is 24.1 Å². The summed E-state index contributed by atoms with van der Waals surface area (Å²) in [5.41, 5.74) is 11.3. The molecule has 266 valence electrons. The van der Waals surface area contributed by atoms with Crippen LogP contribution in [0.5, 0.6) is 0 Å². The summed E-state index contributed by atoms with van der Waals surface area (Å²) in [6.07, 6.45) is 0. The molecule has 0 aliphatic rings. The lowest BCUT2D eigenvalue weighted by atomic mass is 10.1. The van der Waals surface area contributed by atoms with Crippen molar-refractivity contribution in [1.29, 1.82) is 0 Å². The molecule has 0 atom stereocenters. The third-order valence-electron chi connectivity index (χ3n) is 11.2. The zero-order valence-electron chi connectivity index (χ0n) is 30.5. The summed E-state index contributed by atoms with van der Waals surface area (Å²) in [6, 6.07) is 65.6. The highest BCUT2D eigenvalue weighted by atomic mass is 16.3. The Morgan fingerprint density at radius 3 is 1.47 bits per heavy atom. The van der Waals surface area contributed by atoms with Crippen LogP contribution in [0.1, 0.15) is 0 Å². The van der Waals surface area contributed by atoms with E-state index in [-0.39, 0.29) is 0 Å². The van der Waals surface area contributed by atoms with E-state index < -0.39 is 0 Å². The highest BCUT2D eigenvalue weighted by Crippen LogP contribution is 2.42. The Morgan fingerprint density at radius 2 is 0.842 bits per heavy atom. The number of nitrogens with zero attached hydrogens (tertiary/aromatic N) is 5. The molecule has 0 N–H and O–H groups in total. The molecule has 12 aromatic rings. The fraction of sp³-hybridized carbons (Fsp3) is 0. The predicted octanol–water partition coefficient (Wildman–Crippen LogP) is 13.0. The minimum atomic E-state index is 0.621. The van der Waals surface area contributed by atoms with Crippen LogP contribution in [0.3, 0.4) is 0 Å². The molecule has 0 aliphatic heterocycles. The lowest BCUT2D eigenvalue weighted by Gasteiger charge is -2.12. The standard InChI is InChI=1S/C51H31N5O/c1-3-13-32(14-4-1)49-52-50(33-15-5-2-6-16-33)54-51(53-49)34-23-25-35(26-24-34)56-44-29-27-36(55-42-20-10-7-17-37(42)38-18-8-11-21-43(38)55)31-41(44)39-28-30-46-47(48(39)56)40-19-9-12-22-45(40)57-46/h1-31H. The average Bonchev–Trinajstić information content (AvgIpc) is 3.94. The van der Waals surface area contributed by atoms with Crippen molar-refractivity contribution in [2.24, 2.45) is 0 Å². The van der Waals surface area contributed by atoms with Gasteiger partial charge < -0.3 is 13.6 Å². The summed E-state index contributed by atoms with van der Waals surface area (Å²) in [4.78, 5) is 14.9. The van der Waals surface area contributed by atoms with Crippen molar-refractivity contribution >= 4 is 65.6 Å². The first-order chi connectivity index (χ1) is 28.3. The van der Waals surface area contributed by atoms with Gasteiger partial charge in [0.1, 0.15) is 11.2 Å². The smallest absolute Gasteiger partial charge is 0.164 e.